The summed E-state index contributed by atoms with van der Waals surface area (Å²) in [6.45, 7) is 4.83. The van der Waals surface area contributed by atoms with E-state index in [1.165, 1.54) is 0 Å². The molecule has 6 nitrogen and oxygen atoms in total. The van der Waals surface area contributed by atoms with Gasteiger partial charge in [0, 0.05) is 13.6 Å². The van der Waals surface area contributed by atoms with E-state index in [-0.39, 0.29) is 10.6 Å². The maximum absolute atomic E-state index is 11.2. The Kier molecular flexibility index (Phi) is 6.14. The van der Waals surface area contributed by atoms with Crippen molar-refractivity contribution in [2.45, 2.75) is 26.7 Å². The summed E-state index contributed by atoms with van der Waals surface area (Å²) in [4.78, 5) is 10.9. The van der Waals surface area contributed by atoms with E-state index in [0.717, 1.165) is 12.2 Å². The quantitative estimate of drug-likeness (QED) is 0.587. The Morgan fingerprint density at radius 2 is 2.26 bits per heavy atom. The first-order valence-electron chi connectivity index (χ1n) is 6.44. The fourth-order valence-corrected chi connectivity index (χ4v) is 2.66. The van der Waals surface area contributed by atoms with E-state index >= 15 is 0 Å². The number of aryl methyl sites for hydroxylation is 2. The number of nitrogens with zero attached hydrogens (tertiary/aromatic N) is 3. The molecule has 0 spiro atoms. The van der Waals surface area contributed by atoms with Crippen LogP contribution < -0.4 is 5.32 Å². The topological polar surface area (TPSA) is 73.0 Å². The Morgan fingerprint density at radius 3 is 2.79 bits per heavy atom. The van der Waals surface area contributed by atoms with E-state index in [9.17, 15) is 10.1 Å². The number of rotatable bonds is 8. The highest BCUT2D eigenvalue weighted by atomic mass is 32.2. The van der Waals surface area contributed by atoms with Crippen LogP contribution in [0.2, 0.25) is 0 Å². The normalized spacial score (nSPS) is 12.4. The number of thioether (sulfide) groups is 1. The van der Waals surface area contributed by atoms with Crippen molar-refractivity contribution in [3.05, 3.63) is 15.8 Å². The molecule has 0 aromatic carbocycles. The Balaban J connectivity index is 2.89. The van der Waals surface area contributed by atoms with Crippen LogP contribution in [0.15, 0.2) is 0 Å². The number of hydrogen-bond donors (Lipinski definition) is 1. The van der Waals surface area contributed by atoms with Crippen molar-refractivity contribution < 1.29 is 4.92 Å². The van der Waals surface area contributed by atoms with Crippen molar-refractivity contribution in [1.29, 1.82) is 0 Å². The average molecular weight is 286 g/mol. The highest BCUT2D eigenvalue weighted by Gasteiger charge is 2.26. The molecule has 0 aliphatic rings. The predicted octanol–water partition coefficient (Wildman–Crippen LogP) is 2.69. The smallest absolute Gasteiger partial charge is 0.333 e. The van der Waals surface area contributed by atoms with Crippen LogP contribution >= 0.6 is 11.8 Å². The predicted molar refractivity (Wildman–Crippen MR) is 79.9 cm³/mol. The summed E-state index contributed by atoms with van der Waals surface area (Å²) in [5.74, 6) is 2.00. The summed E-state index contributed by atoms with van der Waals surface area (Å²) in [6.07, 6.45) is 3.54. The molecule has 0 fully saturated rings. The summed E-state index contributed by atoms with van der Waals surface area (Å²) >= 11 is 1.78. The average Bonchev–Trinajstić information content (AvgIpc) is 2.64. The second kappa shape index (κ2) is 7.37. The Hall–Kier alpha value is -1.24. The minimum atomic E-state index is -0.334. The lowest BCUT2D eigenvalue weighted by Gasteiger charge is -2.11. The fraction of sp³-hybridized carbons (Fsp3) is 0.750. The molecule has 1 atom stereocenters. The maximum Gasteiger partial charge on any atom is 0.333 e. The van der Waals surface area contributed by atoms with Crippen LogP contribution in [-0.4, -0.2) is 33.3 Å². The fourth-order valence-electron chi connectivity index (χ4n) is 1.98. The molecular formula is C12H22N4O2S. The van der Waals surface area contributed by atoms with E-state index in [4.69, 9.17) is 0 Å². The van der Waals surface area contributed by atoms with Gasteiger partial charge in [0.15, 0.2) is 0 Å². The molecule has 1 rings (SSSR count). The summed E-state index contributed by atoms with van der Waals surface area (Å²) in [5.41, 5.74) is 0.690. The van der Waals surface area contributed by atoms with Crippen LogP contribution in [0.4, 0.5) is 11.5 Å². The lowest BCUT2D eigenvalue weighted by Crippen LogP contribution is -2.16. The van der Waals surface area contributed by atoms with Crippen molar-refractivity contribution in [1.82, 2.24) is 9.78 Å². The van der Waals surface area contributed by atoms with E-state index < -0.39 is 0 Å². The third kappa shape index (κ3) is 4.12. The van der Waals surface area contributed by atoms with Crippen molar-refractivity contribution in [2.75, 3.05) is 23.9 Å². The number of aromatic nitrogens is 2. The monoisotopic (exact) mass is 286 g/mol. The van der Waals surface area contributed by atoms with Gasteiger partial charge in [-0.2, -0.15) is 16.9 Å². The molecule has 1 aromatic rings. The minimum absolute atomic E-state index is 0.126. The van der Waals surface area contributed by atoms with Gasteiger partial charge in [0.05, 0.1) is 4.92 Å². The molecule has 1 heterocycles. The molecule has 7 heteroatoms. The van der Waals surface area contributed by atoms with Crippen molar-refractivity contribution in [3.8, 4) is 0 Å². The molecule has 1 unspecified atom stereocenters. The first-order valence-corrected chi connectivity index (χ1v) is 7.83. The van der Waals surface area contributed by atoms with Gasteiger partial charge in [-0.25, -0.2) is 4.68 Å². The largest absolute Gasteiger partial charge is 0.364 e. The van der Waals surface area contributed by atoms with Gasteiger partial charge in [-0.05, 0) is 24.3 Å². The van der Waals surface area contributed by atoms with Crippen molar-refractivity contribution in [2.24, 2.45) is 13.0 Å². The highest BCUT2D eigenvalue weighted by molar-refractivity contribution is 7.98. The SMILES string of the molecule is CCCc1nn(C)c(NCC(C)CSC)c1[N+](=O)[O-]. The molecule has 108 valence electrons. The van der Waals surface area contributed by atoms with E-state index in [1.807, 2.05) is 6.92 Å². The van der Waals surface area contributed by atoms with E-state index in [2.05, 4.69) is 23.6 Å². The summed E-state index contributed by atoms with van der Waals surface area (Å²) in [6, 6.07) is 0. The number of hydrogen-bond acceptors (Lipinski definition) is 5. The molecule has 0 radical (unpaired) electrons. The van der Waals surface area contributed by atoms with Gasteiger partial charge in [0.2, 0.25) is 5.82 Å². The molecular weight excluding hydrogens is 264 g/mol. The summed E-state index contributed by atoms with van der Waals surface area (Å²) in [7, 11) is 1.74. The molecule has 0 saturated carbocycles. The van der Waals surface area contributed by atoms with Crippen LogP contribution in [0.25, 0.3) is 0 Å². The van der Waals surface area contributed by atoms with Gasteiger partial charge in [0.1, 0.15) is 5.69 Å². The molecule has 1 aromatic heterocycles. The molecule has 0 bridgehead atoms. The van der Waals surface area contributed by atoms with Crippen LogP contribution in [0, 0.1) is 16.0 Å². The van der Waals surface area contributed by atoms with Crippen LogP contribution in [0.3, 0.4) is 0 Å². The number of nitro groups is 1. The van der Waals surface area contributed by atoms with Gasteiger partial charge in [-0.1, -0.05) is 20.3 Å². The maximum atomic E-state index is 11.2. The van der Waals surface area contributed by atoms with Crippen LogP contribution in [0.1, 0.15) is 26.0 Å². The van der Waals surface area contributed by atoms with Crippen LogP contribution in [0.5, 0.6) is 0 Å². The van der Waals surface area contributed by atoms with Crippen molar-refractivity contribution in [3.63, 3.8) is 0 Å². The van der Waals surface area contributed by atoms with Gasteiger partial charge in [-0.15, -0.1) is 0 Å². The zero-order valence-electron chi connectivity index (χ0n) is 12.0. The standard InChI is InChI=1S/C12H22N4O2S/c1-5-6-10-11(16(17)18)12(15(3)14-10)13-7-9(2)8-19-4/h9,13H,5-8H2,1-4H3. The van der Waals surface area contributed by atoms with Gasteiger partial charge < -0.3 is 5.32 Å². The second-order valence-corrected chi connectivity index (χ2v) is 5.63. The number of anilines is 1. The Labute approximate surface area is 118 Å². The van der Waals surface area contributed by atoms with Crippen LogP contribution in [-0.2, 0) is 13.5 Å². The molecule has 0 saturated heterocycles. The third-order valence-corrected chi connectivity index (χ3v) is 3.73. The molecule has 0 amide bonds. The first-order chi connectivity index (χ1) is 9.01. The third-order valence-electron chi connectivity index (χ3n) is 2.83. The van der Waals surface area contributed by atoms with Crippen molar-refractivity contribution >= 4 is 23.3 Å². The summed E-state index contributed by atoms with van der Waals surface area (Å²) in [5, 5.41) is 18.6. The van der Waals surface area contributed by atoms with Gasteiger partial charge >= 0.3 is 5.69 Å². The van der Waals surface area contributed by atoms with Gasteiger partial charge in [-0.3, -0.25) is 10.1 Å². The van der Waals surface area contributed by atoms with E-state index in [0.29, 0.717) is 30.4 Å². The minimum Gasteiger partial charge on any atom is -0.364 e. The first kappa shape index (κ1) is 15.8. The molecule has 1 N–H and O–H groups in total. The zero-order valence-corrected chi connectivity index (χ0v) is 12.8. The summed E-state index contributed by atoms with van der Waals surface area (Å²) < 4.78 is 1.58. The van der Waals surface area contributed by atoms with E-state index in [1.54, 1.807) is 23.5 Å². The lowest BCUT2D eigenvalue weighted by molar-refractivity contribution is -0.384. The second-order valence-electron chi connectivity index (χ2n) is 4.72. The van der Waals surface area contributed by atoms with Gasteiger partial charge in [0.25, 0.3) is 0 Å². The highest BCUT2D eigenvalue weighted by Crippen LogP contribution is 2.29. The lowest BCUT2D eigenvalue weighted by atomic mass is 10.2. The number of nitrogens with one attached hydrogen (secondary N) is 1. The Morgan fingerprint density at radius 1 is 1.58 bits per heavy atom. The Bertz CT molecular complexity index is 434. The zero-order chi connectivity index (χ0) is 14.4. The molecule has 0 aliphatic heterocycles. The molecule has 0 aliphatic carbocycles. The molecule has 19 heavy (non-hydrogen) atoms.